The molecule has 1 unspecified atom stereocenters. The van der Waals surface area contributed by atoms with E-state index in [-0.39, 0.29) is 0 Å². The zero-order valence-electron chi connectivity index (χ0n) is 18.1. The Labute approximate surface area is 197 Å². The highest BCUT2D eigenvalue weighted by Gasteiger charge is 2.20. The molecule has 1 aliphatic carbocycles. The van der Waals surface area contributed by atoms with Crippen molar-refractivity contribution < 1.29 is 14.3 Å². The summed E-state index contributed by atoms with van der Waals surface area (Å²) in [4.78, 5) is 17.5. The summed E-state index contributed by atoms with van der Waals surface area (Å²) in [5.74, 6) is 0.873. The number of amides is 1. The quantitative estimate of drug-likeness (QED) is 0.385. The van der Waals surface area contributed by atoms with E-state index in [1.54, 1.807) is 25.3 Å². The summed E-state index contributed by atoms with van der Waals surface area (Å²) in [5.41, 5.74) is 2.99. The molecule has 2 aromatic heterocycles. The number of rotatable bonds is 6. The van der Waals surface area contributed by atoms with Crippen molar-refractivity contribution in [2.45, 2.75) is 58.2 Å². The molecule has 1 aromatic carbocycles. The molecule has 32 heavy (non-hydrogen) atoms. The summed E-state index contributed by atoms with van der Waals surface area (Å²) >= 11 is 7.45. The first kappa shape index (κ1) is 22.6. The van der Waals surface area contributed by atoms with Crippen LogP contribution in [0.25, 0.3) is 10.4 Å². The van der Waals surface area contributed by atoms with Crippen molar-refractivity contribution in [3.63, 3.8) is 0 Å². The molecular weight excluding hydrogens is 446 g/mol. The third-order valence-corrected chi connectivity index (χ3v) is 6.87. The molecule has 1 aliphatic rings. The van der Waals surface area contributed by atoms with Crippen molar-refractivity contribution in [3.05, 3.63) is 59.0 Å². The number of benzene rings is 1. The van der Waals surface area contributed by atoms with E-state index in [9.17, 15) is 4.79 Å². The van der Waals surface area contributed by atoms with Crippen molar-refractivity contribution in [2.75, 3.05) is 5.32 Å². The molecule has 0 aliphatic heterocycles. The molecule has 0 bridgehead atoms. The minimum Gasteiger partial charge on any atom is -0.490 e. The molecule has 1 N–H and O–H groups in total. The average Bonchev–Trinajstić information content (AvgIpc) is 3.15. The number of aryl methyl sites for hydroxylation is 1. The van der Waals surface area contributed by atoms with Crippen LogP contribution in [-0.4, -0.2) is 21.6 Å². The predicted molar refractivity (Wildman–Crippen MR) is 128 cm³/mol. The van der Waals surface area contributed by atoms with Gasteiger partial charge in [0.1, 0.15) is 17.0 Å². The molecule has 0 radical (unpaired) electrons. The van der Waals surface area contributed by atoms with Crippen LogP contribution < -0.4 is 10.1 Å². The first-order chi connectivity index (χ1) is 15.5. The topological polar surface area (TPSA) is 73.3 Å². The Balaban J connectivity index is 1.43. The summed E-state index contributed by atoms with van der Waals surface area (Å²) in [6.45, 7) is 3.62. The molecular formula is C24H26ClN3O3S. The van der Waals surface area contributed by atoms with Gasteiger partial charge in [0, 0.05) is 11.8 Å². The van der Waals surface area contributed by atoms with Crippen LogP contribution in [-0.2, 0) is 4.74 Å². The third-order valence-electron chi connectivity index (χ3n) is 5.57. The van der Waals surface area contributed by atoms with Gasteiger partial charge in [-0.05, 0) is 87.0 Å². The van der Waals surface area contributed by atoms with E-state index >= 15 is 0 Å². The maximum Gasteiger partial charge on any atom is 0.412 e. The number of halogens is 1. The summed E-state index contributed by atoms with van der Waals surface area (Å²) in [6.07, 6.45) is 6.80. The summed E-state index contributed by atoms with van der Waals surface area (Å²) in [7, 11) is 0. The lowest BCUT2D eigenvalue weighted by Crippen LogP contribution is -2.19. The summed E-state index contributed by atoms with van der Waals surface area (Å²) in [5, 5.41) is 3.17. The van der Waals surface area contributed by atoms with Crippen LogP contribution >= 0.6 is 23.1 Å². The number of carbonyl (C=O) groups is 1. The van der Waals surface area contributed by atoms with Crippen LogP contribution in [0.4, 0.5) is 10.5 Å². The Morgan fingerprint density at radius 3 is 2.66 bits per heavy atom. The van der Waals surface area contributed by atoms with Crippen LogP contribution in [0.2, 0.25) is 5.15 Å². The van der Waals surface area contributed by atoms with Gasteiger partial charge in [0.25, 0.3) is 0 Å². The fraction of sp³-hybridized carbons (Fsp3) is 0.375. The molecule has 1 amide bonds. The van der Waals surface area contributed by atoms with E-state index in [0.717, 1.165) is 34.7 Å². The molecule has 0 spiro atoms. The Morgan fingerprint density at radius 1 is 1.19 bits per heavy atom. The highest BCUT2D eigenvalue weighted by molar-refractivity contribution is 7.10. The van der Waals surface area contributed by atoms with Gasteiger partial charge in [-0.15, -0.1) is 0 Å². The van der Waals surface area contributed by atoms with Gasteiger partial charge in [-0.3, -0.25) is 5.32 Å². The lowest BCUT2D eigenvalue weighted by Gasteiger charge is -2.23. The number of pyridine rings is 1. The minimum atomic E-state index is -0.570. The standard InChI is InChI=1S/C24H26ClN3O3S/c1-15-21(27-24(29)30-16(2)20-9-6-14-26-23(20)25)22(32-28-15)17-10-12-19(13-11-17)31-18-7-4-3-5-8-18/h6,9-14,16,18H,3-5,7-8H2,1-2H3,(H,27,29). The molecule has 8 heteroatoms. The van der Waals surface area contributed by atoms with E-state index in [1.165, 1.54) is 30.8 Å². The number of nitrogens with zero attached hydrogens (tertiary/aromatic N) is 2. The van der Waals surface area contributed by atoms with Crippen LogP contribution in [0.15, 0.2) is 42.6 Å². The van der Waals surface area contributed by atoms with Gasteiger partial charge in [0.05, 0.1) is 22.4 Å². The van der Waals surface area contributed by atoms with Crippen LogP contribution in [0.5, 0.6) is 5.75 Å². The number of carbonyl (C=O) groups excluding carboxylic acids is 1. The van der Waals surface area contributed by atoms with Gasteiger partial charge in [0.15, 0.2) is 0 Å². The molecule has 2 heterocycles. The van der Waals surface area contributed by atoms with Crippen LogP contribution in [0, 0.1) is 6.92 Å². The molecule has 1 atom stereocenters. The normalized spacial score (nSPS) is 15.2. The maximum atomic E-state index is 12.6. The highest BCUT2D eigenvalue weighted by Crippen LogP contribution is 2.36. The van der Waals surface area contributed by atoms with E-state index in [4.69, 9.17) is 21.1 Å². The summed E-state index contributed by atoms with van der Waals surface area (Å²) in [6, 6.07) is 11.5. The number of hydrogen-bond acceptors (Lipinski definition) is 6. The van der Waals surface area contributed by atoms with E-state index in [0.29, 0.717) is 22.5 Å². The van der Waals surface area contributed by atoms with Gasteiger partial charge in [-0.25, -0.2) is 9.78 Å². The minimum absolute atomic E-state index is 0.308. The second kappa shape index (κ2) is 10.3. The smallest absolute Gasteiger partial charge is 0.412 e. The van der Waals surface area contributed by atoms with Crippen molar-refractivity contribution in [1.82, 2.24) is 9.36 Å². The van der Waals surface area contributed by atoms with Crippen molar-refractivity contribution >= 4 is 34.9 Å². The molecule has 1 saturated carbocycles. The van der Waals surface area contributed by atoms with Crippen molar-refractivity contribution in [1.29, 1.82) is 0 Å². The van der Waals surface area contributed by atoms with E-state index in [2.05, 4.69) is 14.7 Å². The second-order valence-electron chi connectivity index (χ2n) is 7.93. The van der Waals surface area contributed by atoms with E-state index < -0.39 is 12.2 Å². The van der Waals surface area contributed by atoms with Gasteiger partial charge in [0.2, 0.25) is 0 Å². The molecule has 3 aromatic rings. The molecule has 6 nitrogen and oxygen atoms in total. The lowest BCUT2D eigenvalue weighted by atomic mass is 9.98. The van der Waals surface area contributed by atoms with Crippen molar-refractivity contribution in [2.24, 2.45) is 0 Å². The van der Waals surface area contributed by atoms with Gasteiger partial charge in [-0.2, -0.15) is 4.37 Å². The molecule has 0 saturated heterocycles. The number of aromatic nitrogens is 2. The fourth-order valence-corrected chi connectivity index (χ4v) is 4.96. The number of nitrogens with one attached hydrogen (secondary N) is 1. The summed E-state index contributed by atoms with van der Waals surface area (Å²) < 4.78 is 16.1. The van der Waals surface area contributed by atoms with Gasteiger partial charge < -0.3 is 9.47 Å². The predicted octanol–water partition coefficient (Wildman–Crippen LogP) is 7.19. The monoisotopic (exact) mass is 471 g/mol. The van der Waals surface area contributed by atoms with E-state index in [1.807, 2.05) is 31.2 Å². The number of hydrogen-bond donors (Lipinski definition) is 1. The molecule has 1 fully saturated rings. The first-order valence-electron chi connectivity index (χ1n) is 10.8. The van der Waals surface area contributed by atoms with Crippen molar-refractivity contribution in [3.8, 4) is 16.2 Å². The Morgan fingerprint density at radius 2 is 1.94 bits per heavy atom. The average molecular weight is 472 g/mol. The first-order valence-corrected chi connectivity index (χ1v) is 12.0. The Hall–Kier alpha value is -2.64. The lowest BCUT2D eigenvalue weighted by molar-refractivity contribution is 0.121. The SMILES string of the molecule is Cc1nsc(-c2ccc(OC3CCCCC3)cc2)c1NC(=O)OC(C)c1cccnc1Cl. The number of anilines is 1. The van der Waals surface area contributed by atoms with Crippen LogP contribution in [0.1, 0.15) is 56.4 Å². The zero-order chi connectivity index (χ0) is 22.5. The van der Waals surface area contributed by atoms with Gasteiger partial charge in [-0.1, -0.05) is 24.1 Å². The van der Waals surface area contributed by atoms with Gasteiger partial charge >= 0.3 is 6.09 Å². The Kier molecular flexibility index (Phi) is 7.27. The highest BCUT2D eigenvalue weighted by atomic mass is 35.5. The molecule has 168 valence electrons. The zero-order valence-corrected chi connectivity index (χ0v) is 19.7. The maximum absolute atomic E-state index is 12.6. The van der Waals surface area contributed by atoms with Crippen LogP contribution in [0.3, 0.4) is 0 Å². The Bertz CT molecular complexity index is 1060. The fourth-order valence-electron chi connectivity index (χ4n) is 3.83. The largest absolute Gasteiger partial charge is 0.490 e. The second-order valence-corrected chi connectivity index (χ2v) is 9.06. The number of ether oxygens (including phenoxy) is 2. The molecule has 4 rings (SSSR count). The third kappa shape index (κ3) is 5.40.